The average Bonchev–Trinajstić information content (AvgIpc) is 2.72. The molecule has 6 heteroatoms. The smallest absolute Gasteiger partial charge is 0.410 e. The van der Waals surface area contributed by atoms with Gasteiger partial charge in [-0.1, -0.05) is 0 Å². The zero-order chi connectivity index (χ0) is 14.6. The molecule has 1 rings (SSSR count). The highest BCUT2D eigenvalue weighted by molar-refractivity contribution is 5.69. The Morgan fingerprint density at radius 3 is 2.53 bits per heavy atom. The van der Waals surface area contributed by atoms with Gasteiger partial charge in [0.1, 0.15) is 5.60 Å². The Labute approximate surface area is 113 Å². The first-order chi connectivity index (χ1) is 8.73. The minimum atomic E-state index is -0.922. The molecule has 110 valence electrons. The van der Waals surface area contributed by atoms with E-state index in [-0.39, 0.29) is 31.0 Å². The van der Waals surface area contributed by atoms with E-state index in [0.29, 0.717) is 19.5 Å². The number of hydrogen-bond donors (Lipinski definition) is 2. The van der Waals surface area contributed by atoms with E-state index in [1.54, 1.807) is 25.7 Å². The lowest BCUT2D eigenvalue weighted by molar-refractivity contribution is -0.139. The number of carbonyl (C=O) groups is 2. The molecule has 2 atom stereocenters. The number of ether oxygens (including phenoxy) is 1. The summed E-state index contributed by atoms with van der Waals surface area (Å²) in [5.74, 6) is -1.20. The summed E-state index contributed by atoms with van der Waals surface area (Å²) in [5.41, 5.74) is -0.535. The molecule has 0 bridgehead atoms. The van der Waals surface area contributed by atoms with Crippen LogP contribution in [0.25, 0.3) is 0 Å². The number of rotatable bonds is 4. The fourth-order valence-electron chi connectivity index (χ4n) is 2.27. The molecule has 0 aromatic rings. The summed E-state index contributed by atoms with van der Waals surface area (Å²) in [5, 5.41) is 18.0. The molecular formula is C13H23NO5. The highest BCUT2D eigenvalue weighted by atomic mass is 16.6. The van der Waals surface area contributed by atoms with Crippen LogP contribution in [0.15, 0.2) is 0 Å². The second-order valence-corrected chi connectivity index (χ2v) is 6.02. The normalized spacial score (nSPS) is 21.3. The second kappa shape index (κ2) is 6.23. The zero-order valence-corrected chi connectivity index (χ0v) is 11.8. The summed E-state index contributed by atoms with van der Waals surface area (Å²) in [7, 11) is 0. The van der Waals surface area contributed by atoms with Crippen molar-refractivity contribution in [3.05, 3.63) is 0 Å². The summed E-state index contributed by atoms with van der Waals surface area (Å²) in [6.07, 6.45) is 0.267. The second-order valence-electron chi connectivity index (χ2n) is 6.02. The van der Waals surface area contributed by atoms with Crippen LogP contribution in [0, 0.1) is 11.8 Å². The Kier molecular flexibility index (Phi) is 5.17. The van der Waals surface area contributed by atoms with Crippen LogP contribution in [0.2, 0.25) is 0 Å². The van der Waals surface area contributed by atoms with Crippen molar-refractivity contribution in [2.45, 2.75) is 39.2 Å². The lowest BCUT2D eigenvalue weighted by Crippen LogP contribution is -2.36. The molecule has 0 radical (unpaired) electrons. The molecule has 1 aliphatic heterocycles. The predicted octanol–water partition coefficient (Wildman–Crippen LogP) is 1.33. The molecule has 2 N–H and O–H groups in total. The highest BCUT2D eigenvalue weighted by Gasteiger charge is 2.34. The first-order valence-electron chi connectivity index (χ1n) is 6.53. The quantitative estimate of drug-likeness (QED) is 0.806. The van der Waals surface area contributed by atoms with E-state index in [0.717, 1.165) is 0 Å². The standard InChI is InChI=1S/C13H23NO5/c1-13(2,3)19-12(18)14-5-4-9(7-14)10(8-15)6-11(16)17/h9-10,15H,4-8H2,1-3H3,(H,16,17). The van der Waals surface area contributed by atoms with E-state index in [1.807, 2.05) is 0 Å². The number of aliphatic hydroxyl groups excluding tert-OH is 1. The Morgan fingerprint density at radius 1 is 1.42 bits per heavy atom. The maximum absolute atomic E-state index is 11.9. The summed E-state index contributed by atoms with van der Waals surface area (Å²) >= 11 is 0. The van der Waals surface area contributed by atoms with E-state index in [9.17, 15) is 14.7 Å². The fraction of sp³-hybridized carbons (Fsp3) is 0.846. The molecule has 19 heavy (non-hydrogen) atoms. The minimum absolute atomic E-state index is 0.0219. The molecule has 1 saturated heterocycles. The van der Waals surface area contributed by atoms with Gasteiger partial charge < -0.3 is 19.8 Å². The summed E-state index contributed by atoms with van der Waals surface area (Å²) < 4.78 is 5.27. The zero-order valence-electron chi connectivity index (χ0n) is 11.8. The molecule has 0 aromatic carbocycles. The third-order valence-corrected chi connectivity index (χ3v) is 3.21. The third-order valence-electron chi connectivity index (χ3n) is 3.21. The van der Waals surface area contributed by atoms with E-state index >= 15 is 0 Å². The molecule has 2 unspecified atom stereocenters. The number of carbonyl (C=O) groups excluding carboxylic acids is 1. The number of aliphatic carboxylic acids is 1. The Morgan fingerprint density at radius 2 is 2.05 bits per heavy atom. The van der Waals surface area contributed by atoms with Crippen molar-refractivity contribution in [1.82, 2.24) is 4.90 Å². The average molecular weight is 273 g/mol. The van der Waals surface area contributed by atoms with E-state index < -0.39 is 11.6 Å². The maximum Gasteiger partial charge on any atom is 0.410 e. The molecule has 1 heterocycles. The van der Waals surface area contributed by atoms with Gasteiger partial charge in [0.25, 0.3) is 0 Å². The van der Waals surface area contributed by atoms with Crippen LogP contribution >= 0.6 is 0 Å². The van der Waals surface area contributed by atoms with Gasteiger partial charge >= 0.3 is 12.1 Å². The molecule has 0 saturated carbocycles. The van der Waals surface area contributed by atoms with Gasteiger partial charge in [0.15, 0.2) is 0 Å². The number of amides is 1. The van der Waals surface area contributed by atoms with Gasteiger partial charge in [0.05, 0.1) is 6.42 Å². The van der Waals surface area contributed by atoms with Gasteiger partial charge in [0.2, 0.25) is 0 Å². The first-order valence-corrected chi connectivity index (χ1v) is 6.53. The number of carboxylic acid groups (broad SMARTS) is 1. The van der Waals surface area contributed by atoms with Crippen LogP contribution < -0.4 is 0 Å². The molecule has 1 fully saturated rings. The van der Waals surface area contributed by atoms with Crippen LogP contribution in [-0.4, -0.2) is 52.5 Å². The van der Waals surface area contributed by atoms with Gasteiger partial charge in [-0.3, -0.25) is 4.79 Å². The van der Waals surface area contributed by atoms with Gasteiger partial charge in [-0.2, -0.15) is 0 Å². The van der Waals surface area contributed by atoms with Crippen molar-refractivity contribution in [2.75, 3.05) is 19.7 Å². The predicted molar refractivity (Wildman–Crippen MR) is 68.7 cm³/mol. The van der Waals surface area contributed by atoms with Crippen molar-refractivity contribution >= 4 is 12.1 Å². The monoisotopic (exact) mass is 273 g/mol. The number of likely N-dealkylation sites (tertiary alicyclic amines) is 1. The molecule has 1 aliphatic rings. The van der Waals surface area contributed by atoms with Crippen molar-refractivity contribution in [3.63, 3.8) is 0 Å². The van der Waals surface area contributed by atoms with Crippen molar-refractivity contribution < 1.29 is 24.5 Å². The largest absolute Gasteiger partial charge is 0.481 e. The number of carboxylic acids is 1. The maximum atomic E-state index is 11.9. The molecule has 6 nitrogen and oxygen atoms in total. The van der Waals surface area contributed by atoms with Crippen LogP contribution in [0.1, 0.15) is 33.6 Å². The molecule has 0 aliphatic carbocycles. The number of aliphatic hydroxyl groups is 1. The summed E-state index contributed by atoms with van der Waals surface area (Å²) in [6, 6.07) is 0. The summed E-state index contributed by atoms with van der Waals surface area (Å²) in [6.45, 7) is 6.25. The third kappa shape index (κ3) is 5.06. The van der Waals surface area contributed by atoms with Crippen LogP contribution in [0.3, 0.4) is 0 Å². The Balaban J connectivity index is 2.52. The van der Waals surface area contributed by atoms with Gasteiger partial charge in [-0.25, -0.2) is 4.79 Å². The molecular weight excluding hydrogens is 250 g/mol. The lowest BCUT2D eigenvalue weighted by atomic mass is 9.89. The number of nitrogens with zero attached hydrogens (tertiary/aromatic N) is 1. The van der Waals surface area contributed by atoms with E-state index in [2.05, 4.69) is 0 Å². The van der Waals surface area contributed by atoms with Gasteiger partial charge in [-0.05, 0) is 39.0 Å². The van der Waals surface area contributed by atoms with Crippen molar-refractivity contribution in [1.29, 1.82) is 0 Å². The van der Waals surface area contributed by atoms with Crippen LogP contribution in [-0.2, 0) is 9.53 Å². The summed E-state index contributed by atoms with van der Waals surface area (Å²) in [4.78, 5) is 24.2. The lowest BCUT2D eigenvalue weighted by Gasteiger charge is -2.25. The van der Waals surface area contributed by atoms with Gasteiger partial charge in [0, 0.05) is 19.7 Å². The number of hydrogen-bond acceptors (Lipinski definition) is 4. The molecule has 1 amide bonds. The Bertz CT molecular complexity index is 336. The van der Waals surface area contributed by atoms with E-state index in [4.69, 9.17) is 9.84 Å². The molecule has 0 spiro atoms. The van der Waals surface area contributed by atoms with Crippen molar-refractivity contribution in [3.8, 4) is 0 Å². The highest BCUT2D eigenvalue weighted by Crippen LogP contribution is 2.27. The van der Waals surface area contributed by atoms with Crippen molar-refractivity contribution in [2.24, 2.45) is 11.8 Å². The minimum Gasteiger partial charge on any atom is -0.481 e. The topological polar surface area (TPSA) is 87.1 Å². The SMILES string of the molecule is CC(C)(C)OC(=O)N1CCC(C(CO)CC(=O)O)C1. The first kappa shape index (κ1) is 15.8. The Hall–Kier alpha value is -1.30. The van der Waals surface area contributed by atoms with E-state index in [1.165, 1.54) is 0 Å². The molecule has 0 aromatic heterocycles. The van der Waals surface area contributed by atoms with Gasteiger partial charge in [-0.15, -0.1) is 0 Å². The van der Waals surface area contributed by atoms with Crippen LogP contribution in [0.4, 0.5) is 4.79 Å². The fourth-order valence-corrected chi connectivity index (χ4v) is 2.27. The van der Waals surface area contributed by atoms with Crippen LogP contribution in [0.5, 0.6) is 0 Å².